The molecule has 0 aromatic heterocycles. The number of aryl methyl sites for hydroxylation is 1. The second-order valence-electron chi connectivity index (χ2n) is 2.69. The Morgan fingerprint density at radius 3 is 2.36 bits per heavy atom. The second-order valence-corrected chi connectivity index (χ2v) is 3.19. The number of rotatable bonds is 4. The van der Waals surface area contributed by atoms with Gasteiger partial charge in [-0.05, 0) is 18.4 Å². The number of hydrogen-bond acceptors (Lipinski definition) is 0. The summed E-state index contributed by atoms with van der Waals surface area (Å²) < 4.78 is 0. The van der Waals surface area contributed by atoms with Crippen molar-refractivity contribution >= 4 is 10.2 Å². The molecule has 11 heavy (non-hydrogen) atoms. The van der Waals surface area contributed by atoms with Crippen molar-refractivity contribution < 1.29 is 0 Å². The first kappa shape index (κ1) is 8.53. The van der Waals surface area contributed by atoms with Crippen molar-refractivity contribution in [1.82, 2.24) is 0 Å². The fraction of sp³-hybridized carbons (Fsp3) is 0.400. The Balaban J connectivity index is 2.28. The Bertz CT molecular complexity index is 181. The number of hydrogen-bond donors (Lipinski definition) is 0. The van der Waals surface area contributed by atoms with E-state index in [-0.39, 0.29) is 0 Å². The van der Waals surface area contributed by atoms with E-state index in [1.165, 1.54) is 24.8 Å². The van der Waals surface area contributed by atoms with Gasteiger partial charge in [0.2, 0.25) is 0 Å². The van der Waals surface area contributed by atoms with Crippen molar-refractivity contribution in [3.63, 3.8) is 0 Å². The molecular weight excluding hydrogens is 148 g/mol. The summed E-state index contributed by atoms with van der Waals surface area (Å²) in [5.41, 5.74) is 1.45. The Morgan fingerprint density at radius 2 is 1.73 bits per heavy atom. The molecular formula is C10H13Si. The van der Waals surface area contributed by atoms with E-state index in [0.717, 1.165) is 6.04 Å². The van der Waals surface area contributed by atoms with Gasteiger partial charge in [-0.2, -0.15) is 0 Å². The maximum Gasteiger partial charge on any atom is 0.0222 e. The molecule has 0 aliphatic carbocycles. The molecule has 0 saturated carbocycles. The van der Waals surface area contributed by atoms with Crippen LogP contribution in [0.5, 0.6) is 0 Å². The van der Waals surface area contributed by atoms with Crippen molar-refractivity contribution in [3.8, 4) is 0 Å². The van der Waals surface area contributed by atoms with E-state index in [2.05, 4.69) is 40.6 Å². The fourth-order valence-electron chi connectivity index (χ4n) is 1.10. The smallest absolute Gasteiger partial charge is 0.0222 e. The molecule has 1 aromatic rings. The van der Waals surface area contributed by atoms with Crippen LogP contribution in [0, 0.1) is 0 Å². The molecule has 57 valence electrons. The second kappa shape index (κ2) is 5.14. The maximum absolute atomic E-state index is 3.47. The summed E-state index contributed by atoms with van der Waals surface area (Å²) in [6.45, 7) is 0. The molecule has 0 atom stereocenters. The highest BCUT2D eigenvalue weighted by molar-refractivity contribution is 6.08. The van der Waals surface area contributed by atoms with E-state index < -0.39 is 0 Å². The van der Waals surface area contributed by atoms with Crippen LogP contribution in [0.1, 0.15) is 18.4 Å². The summed E-state index contributed by atoms with van der Waals surface area (Å²) in [6.07, 6.45) is 3.77. The molecule has 1 rings (SSSR count). The highest BCUT2D eigenvalue weighted by Gasteiger charge is 1.89. The third-order valence-electron chi connectivity index (χ3n) is 1.74. The van der Waals surface area contributed by atoms with E-state index in [4.69, 9.17) is 0 Å². The molecule has 0 amide bonds. The van der Waals surface area contributed by atoms with Crippen LogP contribution in [0.2, 0.25) is 6.04 Å². The van der Waals surface area contributed by atoms with E-state index in [1.54, 1.807) is 0 Å². The minimum Gasteiger partial charge on any atom is -0.0638 e. The third kappa shape index (κ3) is 3.37. The molecule has 0 aliphatic heterocycles. The Kier molecular flexibility index (Phi) is 3.98. The molecule has 0 fully saturated rings. The molecule has 0 saturated heterocycles. The lowest BCUT2D eigenvalue weighted by atomic mass is 10.1. The summed E-state index contributed by atoms with van der Waals surface area (Å²) in [6, 6.07) is 11.8. The topological polar surface area (TPSA) is 0 Å². The lowest BCUT2D eigenvalue weighted by Gasteiger charge is -1.98. The van der Waals surface area contributed by atoms with Gasteiger partial charge in [-0.3, -0.25) is 0 Å². The van der Waals surface area contributed by atoms with Gasteiger partial charge in [0.25, 0.3) is 0 Å². The van der Waals surface area contributed by atoms with Crippen LogP contribution >= 0.6 is 0 Å². The standard InChI is InChI=1S/C10H13Si/c11-9-5-4-8-10-6-2-1-3-7-10/h1-3,6-7H,4-5,8-9H2. The first-order valence-electron chi connectivity index (χ1n) is 4.12. The SMILES string of the molecule is [Si]CCCCc1ccccc1. The molecule has 0 nitrogen and oxygen atoms in total. The molecule has 0 unspecified atom stereocenters. The van der Waals surface area contributed by atoms with Gasteiger partial charge < -0.3 is 0 Å². The van der Waals surface area contributed by atoms with Crippen LogP contribution in [-0.4, -0.2) is 10.2 Å². The van der Waals surface area contributed by atoms with Crippen LogP contribution in [-0.2, 0) is 6.42 Å². The van der Waals surface area contributed by atoms with Gasteiger partial charge in [0, 0.05) is 10.2 Å². The molecule has 1 heteroatoms. The predicted molar refractivity (Wildman–Crippen MR) is 49.9 cm³/mol. The minimum atomic E-state index is 1.12. The zero-order chi connectivity index (χ0) is 7.94. The van der Waals surface area contributed by atoms with E-state index >= 15 is 0 Å². The lowest BCUT2D eigenvalue weighted by Crippen LogP contribution is -1.83. The summed E-state index contributed by atoms with van der Waals surface area (Å²) in [5.74, 6) is 0. The van der Waals surface area contributed by atoms with Gasteiger partial charge in [-0.1, -0.05) is 42.8 Å². The molecule has 0 aliphatic rings. The van der Waals surface area contributed by atoms with Gasteiger partial charge in [0.15, 0.2) is 0 Å². The molecule has 1 aromatic carbocycles. The molecule has 0 bridgehead atoms. The molecule has 0 N–H and O–H groups in total. The Hall–Kier alpha value is -0.563. The highest BCUT2D eigenvalue weighted by atomic mass is 28.1. The summed E-state index contributed by atoms with van der Waals surface area (Å²) >= 11 is 0. The number of benzene rings is 1. The largest absolute Gasteiger partial charge is 0.0638 e. The van der Waals surface area contributed by atoms with Gasteiger partial charge in [-0.15, -0.1) is 0 Å². The van der Waals surface area contributed by atoms with Crippen molar-refractivity contribution in [3.05, 3.63) is 35.9 Å². The first-order chi connectivity index (χ1) is 5.43. The van der Waals surface area contributed by atoms with Gasteiger partial charge >= 0.3 is 0 Å². The summed E-state index contributed by atoms with van der Waals surface area (Å²) in [5, 5.41) is 0. The summed E-state index contributed by atoms with van der Waals surface area (Å²) in [7, 11) is 3.47. The Morgan fingerprint density at radius 1 is 1.00 bits per heavy atom. The highest BCUT2D eigenvalue weighted by Crippen LogP contribution is 2.04. The van der Waals surface area contributed by atoms with Crippen molar-refractivity contribution in [2.75, 3.05) is 0 Å². The molecule has 3 radical (unpaired) electrons. The molecule has 0 spiro atoms. The molecule has 0 heterocycles. The van der Waals surface area contributed by atoms with Gasteiger partial charge in [-0.25, -0.2) is 0 Å². The minimum absolute atomic E-state index is 1.12. The van der Waals surface area contributed by atoms with Crippen molar-refractivity contribution in [2.45, 2.75) is 25.3 Å². The van der Waals surface area contributed by atoms with Crippen LogP contribution in [0.25, 0.3) is 0 Å². The quantitative estimate of drug-likeness (QED) is 0.470. The Labute approximate surface area is 72.1 Å². The monoisotopic (exact) mass is 161 g/mol. The normalized spacial score (nSPS) is 9.91. The van der Waals surface area contributed by atoms with Crippen LogP contribution in [0.3, 0.4) is 0 Å². The van der Waals surface area contributed by atoms with E-state index in [1.807, 2.05) is 0 Å². The average molecular weight is 161 g/mol. The van der Waals surface area contributed by atoms with Gasteiger partial charge in [0.05, 0.1) is 0 Å². The van der Waals surface area contributed by atoms with E-state index in [0.29, 0.717) is 0 Å². The van der Waals surface area contributed by atoms with E-state index in [9.17, 15) is 0 Å². The average Bonchev–Trinajstić information content (AvgIpc) is 2.07. The maximum atomic E-state index is 3.47. The van der Waals surface area contributed by atoms with Gasteiger partial charge in [0.1, 0.15) is 0 Å². The zero-order valence-corrected chi connectivity index (χ0v) is 7.72. The van der Waals surface area contributed by atoms with Crippen molar-refractivity contribution in [2.24, 2.45) is 0 Å². The fourth-order valence-corrected chi connectivity index (χ4v) is 1.35. The van der Waals surface area contributed by atoms with Crippen LogP contribution in [0.4, 0.5) is 0 Å². The lowest BCUT2D eigenvalue weighted by molar-refractivity contribution is 0.794. The number of unbranched alkanes of at least 4 members (excludes halogenated alkanes) is 1. The van der Waals surface area contributed by atoms with Crippen molar-refractivity contribution in [1.29, 1.82) is 0 Å². The first-order valence-corrected chi connectivity index (χ1v) is 4.82. The zero-order valence-electron chi connectivity index (χ0n) is 6.72. The summed E-state index contributed by atoms with van der Waals surface area (Å²) in [4.78, 5) is 0. The van der Waals surface area contributed by atoms with Crippen LogP contribution < -0.4 is 0 Å². The van der Waals surface area contributed by atoms with Crippen LogP contribution in [0.15, 0.2) is 30.3 Å². The predicted octanol–water partition coefficient (Wildman–Crippen LogP) is 2.60. The third-order valence-corrected chi connectivity index (χ3v) is 2.09.